The Hall–Kier alpha value is -1.39. The minimum atomic E-state index is -0.989. The molecule has 0 saturated heterocycles. The molecule has 5 nitrogen and oxygen atoms in total. The summed E-state index contributed by atoms with van der Waals surface area (Å²) in [6.45, 7) is 6.69. The molecule has 0 unspecified atom stereocenters. The molecule has 84 valence electrons. The van der Waals surface area contributed by atoms with Gasteiger partial charge in [0.2, 0.25) is 0 Å². The van der Waals surface area contributed by atoms with Crippen LogP contribution in [0.1, 0.15) is 55.7 Å². The van der Waals surface area contributed by atoms with Crippen LogP contribution in [0.3, 0.4) is 0 Å². The number of hydrogen-bond donors (Lipinski definition) is 1. The average Bonchev–Trinajstić information content (AvgIpc) is 2.64. The van der Waals surface area contributed by atoms with E-state index in [0.29, 0.717) is 6.54 Å². The number of hydrogen-bond acceptors (Lipinski definition) is 3. The van der Waals surface area contributed by atoms with E-state index in [9.17, 15) is 4.79 Å². The van der Waals surface area contributed by atoms with Crippen molar-refractivity contribution in [1.82, 2.24) is 15.0 Å². The Morgan fingerprint density at radius 2 is 2.00 bits per heavy atom. The van der Waals surface area contributed by atoms with Gasteiger partial charge < -0.3 is 5.11 Å². The highest BCUT2D eigenvalue weighted by Crippen LogP contribution is 2.25. The highest BCUT2D eigenvalue weighted by Gasteiger charge is 2.23. The lowest BCUT2D eigenvalue weighted by atomic mass is 9.97. The summed E-state index contributed by atoms with van der Waals surface area (Å²) in [5.74, 6) is -0.761. The van der Waals surface area contributed by atoms with Crippen LogP contribution in [0, 0.1) is 0 Å². The second-order valence-electron chi connectivity index (χ2n) is 3.46. The summed E-state index contributed by atoms with van der Waals surface area (Å²) < 4.78 is 1.68. The van der Waals surface area contributed by atoms with Crippen LogP contribution in [0.2, 0.25) is 0 Å². The van der Waals surface area contributed by atoms with E-state index in [1.807, 2.05) is 20.8 Å². The van der Waals surface area contributed by atoms with Crippen molar-refractivity contribution in [2.24, 2.45) is 0 Å². The molecular weight excluding hydrogens is 194 g/mol. The largest absolute Gasteiger partial charge is 0.476 e. The number of carboxylic acids is 1. The van der Waals surface area contributed by atoms with Gasteiger partial charge in [0.05, 0.1) is 5.69 Å². The van der Waals surface area contributed by atoms with Gasteiger partial charge in [0.1, 0.15) is 0 Å². The number of rotatable bonds is 5. The minimum Gasteiger partial charge on any atom is -0.476 e. The van der Waals surface area contributed by atoms with E-state index in [1.165, 1.54) is 0 Å². The minimum absolute atomic E-state index is 0.102. The van der Waals surface area contributed by atoms with Gasteiger partial charge in [0.15, 0.2) is 5.69 Å². The molecule has 1 aromatic rings. The summed E-state index contributed by atoms with van der Waals surface area (Å²) in [6.07, 6.45) is 1.81. The first-order valence-corrected chi connectivity index (χ1v) is 5.32. The number of carboxylic acid groups (broad SMARTS) is 1. The van der Waals surface area contributed by atoms with Crippen LogP contribution < -0.4 is 0 Å². The summed E-state index contributed by atoms with van der Waals surface area (Å²) in [6, 6.07) is 0. The molecule has 0 saturated carbocycles. The summed E-state index contributed by atoms with van der Waals surface area (Å²) in [5, 5.41) is 16.6. The van der Waals surface area contributed by atoms with E-state index in [-0.39, 0.29) is 11.6 Å². The molecule has 0 fully saturated rings. The lowest BCUT2D eigenvalue weighted by molar-refractivity contribution is 0.0688. The van der Waals surface area contributed by atoms with Crippen molar-refractivity contribution in [3.8, 4) is 0 Å². The predicted octanol–water partition coefficient (Wildman–Crippen LogP) is 1.90. The molecule has 0 bridgehead atoms. The van der Waals surface area contributed by atoms with Crippen LogP contribution in [0.15, 0.2) is 0 Å². The average molecular weight is 211 g/mol. The van der Waals surface area contributed by atoms with Gasteiger partial charge >= 0.3 is 5.97 Å². The molecule has 1 aromatic heterocycles. The fraction of sp³-hybridized carbons (Fsp3) is 0.700. The number of aromatic nitrogens is 3. The molecule has 0 radical (unpaired) electrons. The zero-order valence-electron chi connectivity index (χ0n) is 9.40. The number of aromatic carboxylic acids is 1. The standard InChI is InChI=1S/C10H17N3O2/c1-4-7(5-2)9-8(10(14)15)11-12-13(9)6-3/h7H,4-6H2,1-3H3,(H,14,15). The van der Waals surface area contributed by atoms with Crippen molar-refractivity contribution in [2.45, 2.75) is 46.1 Å². The lowest BCUT2D eigenvalue weighted by Gasteiger charge is -2.13. The van der Waals surface area contributed by atoms with E-state index in [2.05, 4.69) is 10.3 Å². The second-order valence-corrected chi connectivity index (χ2v) is 3.46. The molecule has 0 aromatic carbocycles. The SMILES string of the molecule is CCC(CC)c1c(C(=O)O)nnn1CC. The third kappa shape index (κ3) is 2.16. The smallest absolute Gasteiger partial charge is 0.358 e. The topological polar surface area (TPSA) is 68.0 Å². The zero-order valence-corrected chi connectivity index (χ0v) is 9.40. The molecule has 5 heteroatoms. The van der Waals surface area contributed by atoms with Crippen molar-refractivity contribution in [3.05, 3.63) is 11.4 Å². The van der Waals surface area contributed by atoms with E-state index in [0.717, 1.165) is 18.5 Å². The molecular formula is C10H17N3O2. The summed E-state index contributed by atoms with van der Waals surface area (Å²) >= 11 is 0. The van der Waals surface area contributed by atoms with E-state index >= 15 is 0 Å². The highest BCUT2D eigenvalue weighted by atomic mass is 16.4. The summed E-state index contributed by atoms with van der Waals surface area (Å²) in [7, 11) is 0. The lowest BCUT2D eigenvalue weighted by Crippen LogP contribution is -2.11. The predicted molar refractivity (Wildman–Crippen MR) is 56.0 cm³/mol. The van der Waals surface area contributed by atoms with E-state index in [1.54, 1.807) is 4.68 Å². The molecule has 0 atom stereocenters. The zero-order chi connectivity index (χ0) is 11.4. The van der Waals surface area contributed by atoms with Crippen molar-refractivity contribution in [3.63, 3.8) is 0 Å². The van der Waals surface area contributed by atoms with Crippen LogP contribution in [0.25, 0.3) is 0 Å². The molecule has 0 spiro atoms. The monoisotopic (exact) mass is 211 g/mol. The Labute approximate surface area is 89.1 Å². The fourth-order valence-electron chi connectivity index (χ4n) is 1.79. The van der Waals surface area contributed by atoms with Crippen molar-refractivity contribution in [1.29, 1.82) is 0 Å². The maximum absolute atomic E-state index is 11.0. The molecule has 15 heavy (non-hydrogen) atoms. The summed E-state index contributed by atoms with van der Waals surface area (Å²) in [5.41, 5.74) is 0.862. The molecule has 0 aliphatic heterocycles. The quantitative estimate of drug-likeness (QED) is 0.807. The highest BCUT2D eigenvalue weighted by molar-refractivity contribution is 5.86. The Bertz CT molecular complexity index is 342. The van der Waals surface area contributed by atoms with Gasteiger partial charge in [-0.3, -0.25) is 0 Å². The Kier molecular flexibility index (Phi) is 3.82. The Balaban J connectivity index is 3.20. The van der Waals surface area contributed by atoms with Crippen LogP contribution in [-0.4, -0.2) is 26.1 Å². The third-order valence-electron chi connectivity index (χ3n) is 2.65. The van der Waals surface area contributed by atoms with Crippen molar-refractivity contribution >= 4 is 5.97 Å². The molecule has 0 amide bonds. The second kappa shape index (κ2) is 4.91. The van der Waals surface area contributed by atoms with Gasteiger partial charge in [-0.1, -0.05) is 19.1 Å². The van der Waals surface area contributed by atoms with Crippen LogP contribution in [0.4, 0.5) is 0 Å². The first kappa shape index (κ1) is 11.7. The van der Waals surface area contributed by atoms with Crippen molar-refractivity contribution < 1.29 is 9.90 Å². The van der Waals surface area contributed by atoms with Gasteiger partial charge in [0.25, 0.3) is 0 Å². The maximum atomic E-state index is 11.0. The van der Waals surface area contributed by atoms with Gasteiger partial charge in [0, 0.05) is 12.5 Å². The fourth-order valence-corrected chi connectivity index (χ4v) is 1.79. The summed E-state index contributed by atoms with van der Waals surface area (Å²) in [4.78, 5) is 11.0. The first-order valence-electron chi connectivity index (χ1n) is 5.32. The van der Waals surface area contributed by atoms with Gasteiger partial charge in [-0.2, -0.15) is 0 Å². The van der Waals surface area contributed by atoms with Gasteiger partial charge in [-0.05, 0) is 19.8 Å². The molecule has 1 rings (SSSR count). The number of nitrogens with zero attached hydrogens (tertiary/aromatic N) is 3. The molecule has 0 aliphatic rings. The van der Waals surface area contributed by atoms with Gasteiger partial charge in [-0.15, -0.1) is 5.10 Å². The van der Waals surface area contributed by atoms with E-state index in [4.69, 9.17) is 5.11 Å². The maximum Gasteiger partial charge on any atom is 0.358 e. The van der Waals surface area contributed by atoms with Crippen LogP contribution in [-0.2, 0) is 6.54 Å². The Morgan fingerprint density at radius 3 is 2.40 bits per heavy atom. The molecule has 1 heterocycles. The normalized spacial score (nSPS) is 10.9. The first-order chi connectivity index (χ1) is 7.15. The van der Waals surface area contributed by atoms with Crippen molar-refractivity contribution in [2.75, 3.05) is 0 Å². The number of aryl methyl sites for hydroxylation is 1. The molecule has 0 aliphatic carbocycles. The number of carbonyl (C=O) groups is 1. The van der Waals surface area contributed by atoms with Crippen LogP contribution in [0.5, 0.6) is 0 Å². The molecule has 1 N–H and O–H groups in total. The Morgan fingerprint density at radius 1 is 1.40 bits per heavy atom. The van der Waals surface area contributed by atoms with Gasteiger partial charge in [-0.25, -0.2) is 9.48 Å². The third-order valence-corrected chi connectivity index (χ3v) is 2.65. The van der Waals surface area contributed by atoms with Crippen LogP contribution >= 0.6 is 0 Å². The van der Waals surface area contributed by atoms with E-state index < -0.39 is 5.97 Å².